The van der Waals surface area contributed by atoms with Crippen LogP contribution in [0.4, 0.5) is 24.5 Å². The smallest absolute Gasteiger partial charge is 0.418 e. The normalized spacial score (nSPS) is 11.2. The fraction of sp³-hybridized carbons (Fsp3) is 0.0769. The lowest BCUT2D eigenvalue weighted by Gasteiger charge is -2.16. The molecule has 9 heteroatoms. The highest BCUT2D eigenvalue weighted by Crippen LogP contribution is 2.37. The van der Waals surface area contributed by atoms with Crippen molar-refractivity contribution in [2.24, 2.45) is 0 Å². The number of nitrogens with one attached hydrogen (secondary N) is 2. The molecule has 2 amide bonds. The maximum absolute atomic E-state index is 13.7. The van der Waals surface area contributed by atoms with Gasteiger partial charge in [0.05, 0.1) is 23.1 Å². The van der Waals surface area contributed by atoms with Crippen LogP contribution in [0.1, 0.15) is 31.8 Å². The summed E-state index contributed by atoms with van der Waals surface area (Å²) in [5.41, 5.74) is -0.0113. The molecule has 0 atom stereocenters. The fourth-order valence-electron chi connectivity index (χ4n) is 3.20. The lowest BCUT2D eigenvalue weighted by atomic mass is 10.1. The van der Waals surface area contributed by atoms with E-state index in [9.17, 15) is 22.8 Å². The number of alkyl halides is 3. The molecule has 0 bridgehead atoms. The van der Waals surface area contributed by atoms with Gasteiger partial charge in [0.25, 0.3) is 11.8 Å². The maximum Gasteiger partial charge on any atom is 0.418 e. The third kappa shape index (κ3) is 6.33. The van der Waals surface area contributed by atoms with Gasteiger partial charge in [-0.15, -0.1) is 11.8 Å². The molecule has 35 heavy (non-hydrogen) atoms. The van der Waals surface area contributed by atoms with Crippen LogP contribution in [0.2, 0.25) is 0 Å². The van der Waals surface area contributed by atoms with Crippen molar-refractivity contribution >= 4 is 35.0 Å². The van der Waals surface area contributed by atoms with Gasteiger partial charge in [0, 0.05) is 21.9 Å². The SMILES string of the molecule is O=C(Nc1ccc(NC(=O)c2ccc(SCc3ccccc3)cc2)c(C(F)(F)F)c1)c1ccoc1. The molecule has 178 valence electrons. The van der Waals surface area contributed by atoms with Crippen LogP contribution < -0.4 is 10.6 Å². The van der Waals surface area contributed by atoms with E-state index in [0.717, 1.165) is 28.3 Å². The van der Waals surface area contributed by atoms with Crippen LogP contribution in [-0.2, 0) is 11.9 Å². The Labute approximate surface area is 203 Å². The average Bonchev–Trinajstić information content (AvgIpc) is 3.39. The molecule has 0 aliphatic rings. The van der Waals surface area contributed by atoms with Crippen LogP contribution in [0.3, 0.4) is 0 Å². The highest BCUT2D eigenvalue weighted by molar-refractivity contribution is 7.98. The van der Waals surface area contributed by atoms with Crippen molar-refractivity contribution in [1.29, 1.82) is 0 Å². The first kappa shape index (κ1) is 24.2. The van der Waals surface area contributed by atoms with Crippen molar-refractivity contribution in [1.82, 2.24) is 0 Å². The molecule has 0 radical (unpaired) electrons. The number of thioether (sulfide) groups is 1. The number of hydrogen-bond acceptors (Lipinski definition) is 4. The van der Waals surface area contributed by atoms with Crippen LogP contribution in [0.5, 0.6) is 0 Å². The molecule has 1 aromatic heterocycles. The van der Waals surface area contributed by atoms with Gasteiger partial charge in [-0.3, -0.25) is 9.59 Å². The molecule has 2 N–H and O–H groups in total. The van der Waals surface area contributed by atoms with Gasteiger partial charge in [0.15, 0.2) is 0 Å². The van der Waals surface area contributed by atoms with E-state index in [0.29, 0.717) is 0 Å². The van der Waals surface area contributed by atoms with Crippen LogP contribution in [0.15, 0.2) is 101 Å². The molecule has 0 aliphatic heterocycles. The summed E-state index contributed by atoms with van der Waals surface area (Å²) in [6.07, 6.45) is -2.29. The molecule has 1 heterocycles. The first-order valence-electron chi connectivity index (χ1n) is 10.4. The Morgan fingerprint density at radius 1 is 0.829 bits per heavy atom. The van der Waals surface area contributed by atoms with Gasteiger partial charge in [-0.05, 0) is 54.1 Å². The molecule has 0 saturated heterocycles. The monoisotopic (exact) mass is 496 g/mol. The number of hydrogen-bond donors (Lipinski definition) is 2. The summed E-state index contributed by atoms with van der Waals surface area (Å²) in [6, 6.07) is 21.1. The van der Waals surface area contributed by atoms with E-state index in [1.54, 1.807) is 36.0 Å². The zero-order chi connectivity index (χ0) is 24.8. The quantitative estimate of drug-likeness (QED) is 0.268. The van der Waals surface area contributed by atoms with Crippen molar-refractivity contribution in [2.45, 2.75) is 16.8 Å². The van der Waals surface area contributed by atoms with Crippen LogP contribution in [-0.4, -0.2) is 11.8 Å². The van der Waals surface area contributed by atoms with Crippen molar-refractivity contribution in [3.8, 4) is 0 Å². The van der Waals surface area contributed by atoms with E-state index < -0.39 is 29.2 Å². The Kier molecular flexibility index (Phi) is 7.26. The summed E-state index contributed by atoms with van der Waals surface area (Å²) >= 11 is 1.59. The summed E-state index contributed by atoms with van der Waals surface area (Å²) in [6.45, 7) is 0. The molecular formula is C26H19F3N2O3S. The number of furan rings is 1. The minimum Gasteiger partial charge on any atom is -0.472 e. The number of rotatable bonds is 7. The molecule has 5 nitrogen and oxygen atoms in total. The summed E-state index contributed by atoms with van der Waals surface area (Å²) in [4.78, 5) is 25.7. The van der Waals surface area contributed by atoms with Gasteiger partial charge >= 0.3 is 6.18 Å². The van der Waals surface area contributed by atoms with E-state index in [4.69, 9.17) is 4.42 Å². The number of carbonyl (C=O) groups is 2. The van der Waals surface area contributed by atoms with Crippen molar-refractivity contribution < 1.29 is 27.2 Å². The van der Waals surface area contributed by atoms with E-state index in [2.05, 4.69) is 10.6 Å². The zero-order valence-electron chi connectivity index (χ0n) is 18.1. The minimum atomic E-state index is -4.75. The minimum absolute atomic E-state index is 0.0682. The second kappa shape index (κ2) is 10.5. The summed E-state index contributed by atoms with van der Waals surface area (Å²) in [5.74, 6) is -0.538. The Hall–Kier alpha value is -3.98. The molecule has 4 rings (SSSR count). The Balaban J connectivity index is 1.45. The van der Waals surface area contributed by atoms with Crippen LogP contribution in [0.25, 0.3) is 0 Å². The lowest BCUT2D eigenvalue weighted by molar-refractivity contribution is -0.136. The lowest BCUT2D eigenvalue weighted by Crippen LogP contribution is -2.18. The number of carbonyl (C=O) groups excluding carboxylic acids is 2. The number of benzene rings is 3. The van der Waals surface area contributed by atoms with E-state index >= 15 is 0 Å². The molecule has 0 saturated carbocycles. The number of anilines is 2. The van der Waals surface area contributed by atoms with Gasteiger partial charge in [-0.25, -0.2) is 0 Å². The Bertz CT molecular complexity index is 1310. The Morgan fingerprint density at radius 2 is 1.54 bits per heavy atom. The fourth-order valence-corrected chi connectivity index (χ4v) is 4.05. The topological polar surface area (TPSA) is 71.3 Å². The van der Waals surface area contributed by atoms with E-state index in [1.807, 2.05) is 30.3 Å². The van der Waals surface area contributed by atoms with Crippen LogP contribution in [0, 0.1) is 0 Å². The molecule has 3 aromatic carbocycles. The Morgan fingerprint density at radius 3 is 2.20 bits per heavy atom. The van der Waals surface area contributed by atoms with Gasteiger partial charge in [0.1, 0.15) is 6.26 Å². The standard InChI is InChI=1S/C26H19F3N2O3S/c27-26(28,29)22-14-20(30-25(33)19-12-13-34-15-19)8-11-23(22)31-24(32)18-6-9-21(10-7-18)35-16-17-4-2-1-3-5-17/h1-15H,16H2,(H,30,33)(H,31,32). The highest BCUT2D eigenvalue weighted by Gasteiger charge is 2.34. The summed E-state index contributed by atoms with van der Waals surface area (Å²) in [5, 5.41) is 4.71. The first-order chi connectivity index (χ1) is 16.8. The predicted molar refractivity (Wildman–Crippen MR) is 129 cm³/mol. The van der Waals surface area contributed by atoms with E-state index in [1.165, 1.54) is 24.7 Å². The third-order valence-corrected chi connectivity index (χ3v) is 6.06. The molecule has 0 unspecified atom stereocenters. The van der Waals surface area contributed by atoms with Crippen molar-refractivity contribution in [3.63, 3.8) is 0 Å². The van der Waals surface area contributed by atoms with Crippen molar-refractivity contribution in [2.75, 3.05) is 10.6 Å². The van der Waals surface area contributed by atoms with Crippen LogP contribution >= 0.6 is 11.8 Å². The van der Waals surface area contributed by atoms with Crippen molar-refractivity contribution in [3.05, 3.63) is 114 Å². The molecular weight excluding hydrogens is 477 g/mol. The molecule has 0 aliphatic carbocycles. The summed E-state index contributed by atoms with van der Waals surface area (Å²) in [7, 11) is 0. The maximum atomic E-state index is 13.7. The van der Waals surface area contributed by atoms with Gasteiger partial charge in [-0.1, -0.05) is 30.3 Å². The number of halogens is 3. The van der Waals surface area contributed by atoms with Gasteiger partial charge < -0.3 is 15.1 Å². The van der Waals surface area contributed by atoms with Gasteiger partial charge in [-0.2, -0.15) is 13.2 Å². The number of amides is 2. The molecule has 4 aromatic rings. The van der Waals surface area contributed by atoms with E-state index in [-0.39, 0.29) is 16.8 Å². The largest absolute Gasteiger partial charge is 0.472 e. The molecule has 0 fully saturated rings. The predicted octanol–water partition coefficient (Wildman–Crippen LogP) is 7.10. The first-order valence-corrected chi connectivity index (χ1v) is 11.4. The summed E-state index contributed by atoms with van der Waals surface area (Å²) < 4.78 is 45.9. The second-order valence-electron chi connectivity index (χ2n) is 7.48. The zero-order valence-corrected chi connectivity index (χ0v) is 19.0. The highest BCUT2D eigenvalue weighted by atomic mass is 32.2. The second-order valence-corrected chi connectivity index (χ2v) is 8.53. The molecule has 0 spiro atoms. The third-order valence-electron chi connectivity index (χ3n) is 4.98. The van der Waals surface area contributed by atoms with Gasteiger partial charge in [0.2, 0.25) is 0 Å². The average molecular weight is 497 g/mol.